The third-order valence-electron chi connectivity index (χ3n) is 4.91. The molecule has 0 radical (unpaired) electrons. The number of carboxylic acid groups (broad SMARTS) is 1. The van der Waals surface area contributed by atoms with Crippen LogP contribution in [0.15, 0.2) is 24.4 Å². The van der Waals surface area contributed by atoms with Crippen LogP contribution in [0.25, 0.3) is 0 Å². The highest BCUT2D eigenvalue weighted by Crippen LogP contribution is 2.32. The van der Waals surface area contributed by atoms with Gasteiger partial charge in [-0.2, -0.15) is 13.8 Å². The number of alkyl halides is 2. The Labute approximate surface area is 192 Å². The first-order valence-electron chi connectivity index (χ1n) is 9.60. The Morgan fingerprint density at radius 3 is 2.75 bits per heavy atom. The van der Waals surface area contributed by atoms with Gasteiger partial charge in [0.15, 0.2) is 11.6 Å². The summed E-state index contributed by atoms with van der Waals surface area (Å²) in [6.07, 6.45) is -0.802. The smallest absolute Gasteiger partial charge is 0.404 e. The monoisotopic (exact) mass is 491 g/mol. The number of hydrogen-bond acceptors (Lipinski definition) is 7. The number of β-amino-alcohol motifs (C(OH)–C–C–N with tert-alkyl or cyclic N) is 1. The molecule has 0 spiro atoms. The number of hydrogen-bond donors (Lipinski definition) is 4. The van der Waals surface area contributed by atoms with E-state index in [1.165, 1.54) is 0 Å². The van der Waals surface area contributed by atoms with Crippen LogP contribution in [0.1, 0.15) is 24.9 Å². The number of carbonyl (C=O) groups is 1. The molecule has 1 saturated heterocycles. The van der Waals surface area contributed by atoms with Gasteiger partial charge in [0.1, 0.15) is 0 Å². The van der Waals surface area contributed by atoms with Crippen molar-refractivity contribution in [2.24, 2.45) is 0 Å². The van der Waals surface area contributed by atoms with Crippen LogP contribution in [-0.2, 0) is 0 Å². The number of aromatic nitrogens is 2. The summed E-state index contributed by atoms with van der Waals surface area (Å²) in [5.74, 6) is -0.0888. The van der Waals surface area contributed by atoms with Gasteiger partial charge in [-0.3, -0.25) is 0 Å². The molecule has 0 saturated carbocycles. The molecule has 13 heteroatoms. The fourth-order valence-electron chi connectivity index (χ4n) is 3.38. The Balaban J connectivity index is 1.83. The second-order valence-corrected chi connectivity index (χ2v) is 7.99. The summed E-state index contributed by atoms with van der Waals surface area (Å²) in [7, 11) is 0. The summed E-state index contributed by atoms with van der Waals surface area (Å²) in [6, 6.07) is 3.84. The Bertz CT molecular complexity index is 971. The molecule has 3 rings (SSSR count). The predicted octanol–water partition coefficient (Wildman–Crippen LogP) is 3.77. The number of benzene rings is 1. The van der Waals surface area contributed by atoms with Crippen LogP contribution in [0.5, 0.6) is 5.75 Å². The van der Waals surface area contributed by atoms with E-state index in [4.69, 9.17) is 28.3 Å². The molecule has 1 aliphatic rings. The molecule has 2 aromatic rings. The molecule has 9 nitrogen and oxygen atoms in total. The van der Waals surface area contributed by atoms with Crippen molar-refractivity contribution in [3.8, 4) is 5.75 Å². The highest BCUT2D eigenvalue weighted by Gasteiger charge is 2.30. The van der Waals surface area contributed by atoms with Gasteiger partial charge in [-0.15, -0.1) is 0 Å². The van der Waals surface area contributed by atoms with E-state index in [2.05, 4.69) is 25.3 Å². The molecule has 32 heavy (non-hydrogen) atoms. The van der Waals surface area contributed by atoms with Gasteiger partial charge in [0.2, 0.25) is 5.95 Å². The molecule has 0 bridgehead atoms. The zero-order chi connectivity index (χ0) is 23.4. The maximum Gasteiger partial charge on any atom is 0.404 e. The number of anilines is 2. The first-order chi connectivity index (χ1) is 15.1. The summed E-state index contributed by atoms with van der Waals surface area (Å²) in [6.45, 7) is -0.928. The summed E-state index contributed by atoms with van der Waals surface area (Å²) >= 11 is 12.2. The zero-order valence-corrected chi connectivity index (χ0v) is 18.3. The van der Waals surface area contributed by atoms with Crippen molar-refractivity contribution in [1.29, 1.82) is 0 Å². The van der Waals surface area contributed by atoms with Gasteiger partial charge in [0.05, 0.1) is 24.4 Å². The number of aliphatic hydroxyl groups excluding tert-OH is 1. The van der Waals surface area contributed by atoms with Crippen molar-refractivity contribution in [2.75, 3.05) is 23.3 Å². The SMILES string of the molecule is CC(Nc1nc(N2CC[C@H](NC(=O)O)[C@@H](O)C2)ncc1OC(F)F)c1ccc(Cl)cc1Cl. The van der Waals surface area contributed by atoms with Crippen molar-refractivity contribution >= 4 is 41.1 Å². The van der Waals surface area contributed by atoms with Crippen LogP contribution in [-0.4, -0.2) is 58.1 Å². The van der Waals surface area contributed by atoms with Gasteiger partial charge >= 0.3 is 12.7 Å². The minimum absolute atomic E-state index is 0.00842. The number of amides is 1. The van der Waals surface area contributed by atoms with Crippen LogP contribution in [0, 0.1) is 0 Å². The Kier molecular flexibility index (Phi) is 7.75. The third-order valence-corrected chi connectivity index (χ3v) is 5.48. The highest BCUT2D eigenvalue weighted by molar-refractivity contribution is 6.35. The fraction of sp³-hybridized carbons (Fsp3) is 0.421. The molecule has 1 aromatic carbocycles. The standard InChI is InChI=1S/C19H21Cl2F2N5O4/c1-9(11-3-2-10(20)6-12(11)21)25-16-15(32-17(22)23)7-24-18(27-16)28-5-4-13(14(29)8-28)26-19(30)31/h2-3,6-7,9,13-14,17,26,29H,4-5,8H2,1H3,(H,30,31)(H,24,25,27)/t9?,13-,14-/m0/s1. The second kappa shape index (κ2) is 10.3. The van der Waals surface area contributed by atoms with Crippen molar-refractivity contribution in [2.45, 2.75) is 38.1 Å². The molecule has 1 unspecified atom stereocenters. The first kappa shape index (κ1) is 24.0. The van der Waals surface area contributed by atoms with Crippen LogP contribution < -0.4 is 20.3 Å². The van der Waals surface area contributed by atoms with E-state index in [0.717, 1.165) is 6.20 Å². The minimum Gasteiger partial charge on any atom is -0.465 e. The molecule has 1 fully saturated rings. The summed E-state index contributed by atoms with van der Waals surface area (Å²) in [5.41, 5.74) is 0.662. The second-order valence-electron chi connectivity index (χ2n) is 7.15. The van der Waals surface area contributed by atoms with Crippen molar-refractivity contribution in [1.82, 2.24) is 15.3 Å². The number of ether oxygens (including phenoxy) is 1. The Hall–Kier alpha value is -2.63. The van der Waals surface area contributed by atoms with E-state index in [1.807, 2.05) is 0 Å². The molecular formula is C19H21Cl2F2N5O4. The largest absolute Gasteiger partial charge is 0.465 e. The van der Waals surface area contributed by atoms with Crippen LogP contribution in [0.3, 0.4) is 0 Å². The third kappa shape index (κ3) is 5.99. The van der Waals surface area contributed by atoms with Crippen molar-refractivity contribution in [3.63, 3.8) is 0 Å². The van der Waals surface area contributed by atoms with E-state index < -0.39 is 30.9 Å². The van der Waals surface area contributed by atoms with Gasteiger partial charge < -0.3 is 30.5 Å². The molecule has 174 valence electrons. The molecule has 3 atom stereocenters. The van der Waals surface area contributed by atoms with Crippen LogP contribution in [0.2, 0.25) is 10.0 Å². The molecule has 1 aliphatic heterocycles. The predicted molar refractivity (Wildman–Crippen MR) is 115 cm³/mol. The Morgan fingerprint density at radius 2 is 2.12 bits per heavy atom. The maximum atomic E-state index is 12.9. The van der Waals surface area contributed by atoms with E-state index in [-0.39, 0.29) is 24.1 Å². The van der Waals surface area contributed by atoms with Crippen LogP contribution >= 0.6 is 23.2 Å². The molecule has 2 heterocycles. The molecule has 1 amide bonds. The average molecular weight is 492 g/mol. The number of aliphatic hydroxyl groups is 1. The number of nitrogens with one attached hydrogen (secondary N) is 2. The highest BCUT2D eigenvalue weighted by atomic mass is 35.5. The van der Waals surface area contributed by atoms with E-state index >= 15 is 0 Å². The number of piperidine rings is 1. The quantitative estimate of drug-likeness (QED) is 0.461. The lowest BCUT2D eigenvalue weighted by Crippen LogP contribution is -2.54. The van der Waals surface area contributed by atoms with Crippen molar-refractivity contribution < 1.29 is 28.5 Å². The Morgan fingerprint density at radius 1 is 1.38 bits per heavy atom. The molecule has 0 aliphatic carbocycles. The van der Waals surface area contributed by atoms with E-state index in [1.54, 1.807) is 30.0 Å². The van der Waals surface area contributed by atoms with E-state index in [9.17, 15) is 18.7 Å². The maximum absolute atomic E-state index is 12.9. The number of rotatable bonds is 7. The minimum atomic E-state index is -3.08. The van der Waals surface area contributed by atoms with Gasteiger partial charge in [0, 0.05) is 23.1 Å². The van der Waals surface area contributed by atoms with E-state index in [0.29, 0.717) is 28.6 Å². The fourth-order valence-corrected chi connectivity index (χ4v) is 3.95. The summed E-state index contributed by atoms with van der Waals surface area (Å²) in [4.78, 5) is 20.8. The van der Waals surface area contributed by atoms with Gasteiger partial charge in [-0.25, -0.2) is 9.78 Å². The average Bonchev–Trinajstić information content (AvgIpc) is 2.70. The first-order valence-corrected chi connectivity index (χ1v) is 10.4. The summed E-state index contributed by atoms with van der Waals surface area (Å²) in [5, 5.41) is 25.2. The van der Waals surface area contributed by atoms with Gasteiger partial charge in [-0.1, -0.05) is 29.3 Å². The number of nitrogens with zero attached hydrogens (tertiary/aromatic N) is 3. The molecule has 1 aromatic heterocycles. The lowest BCUT2D eigenvalue weighted by molar-refractivity contribution is -0.0498. The zero-order valence-electron chi connectivity index (χ0n) is 16.8. The van der Waals surface area contributed by atoms with Gasteiger partial charge in [0.25, 0.3) is 0 Å². The van der Waals surface area contributed by atoms with Crippen molar-refractivity contribution in [3.05, 3.63) is 40.0 Å². The number of halogens is 4. The topological polar surface area (TPSA) is 120 Å². The lowest BCUT2D eigenvalue weighted by atomic mass is 10.0. The lowest BCUT2D eigenvalue weighted by Gasteiger charge is -2.35. The normalized spacial score (nSPS) is 19.5. The summed E-state index contributed by atoms with van der Waals surface area (Å²) < 4.78 is 30.3. The molecular weight excluding hydrogens is 471 g/mol. The molecule has 4 N–H and O–H groups in total. The van der Waals surface area contributed by atoms with Gasteiger partial charge in [-0.05, 0) is 31.0 Å². The van der Waals surface area contributed by atoms with Crippen LogP contribution in [0.4, 0.5) is 25.3 Å².